The highest BCUT2D eigenvalue weighted by Gasteiger charge is 2.11. The van der Waals surface area contributed by atoms with Crippen LogP contribution in [-0.4, -0.2) is 23.5 Å². The second-order valence-corrected chi connectivity index (χ2v) is 6.63. The van der Waals surface area contributed by atoms with E-state index >= 15 is 0 Å². The van der Waals surface area contributed by atoms with E-state index < -0.39 is 0 Å². The van der Waals surface area contributed by atoms with Crippen molar-refractivity contribution in [3.8, 4) is 0 Å². The average molecular weight is 339 g/mol. The van der Waals surface area contributed by atoms with Gasteiger partial charge in [-0.3, -0.25) is 4.90 Å². The normalized spacial score (nSPS) is 11.6. The average Bonchev–Trinajstić information content (AvgIpc) is 2.38. The van der Waals surface area contributed by atoms with Crippen molar-refractivity contribution < 1.29 is 0 Å². The minimum absolute atomic E-state index is 0.512. The monoisotopic (exact) mass is 338 g/mol. The van der Waals surface area contributed by atoms with Gasteiger partial charge in [0.15, 0.2) is 0 Å². The SMILES string of the molecule is C=CCN(Cc1ccc(CNC(C)C)cc1Br)C(C)C. The summed E-state index contributed by atoms with van der Waals surface area (Å²) in [5.74, 6) is 0. The lowest BCUT2D eigenvalue weighted by Crippen LogP contribution is -2.30. The second-order valence-electron chi connectivity index (χ2n) is 5.77. The van der Waals surface area contributed by atoms with Crippen molar-refractivity contribution in [1.82, 2.24) is 10.2 Å². The van der Waals surface area contributed by atoms with Crippen LogP contribution in [0.15, 0.2) is 35.3 Å². The first-order valence-electron chi connectivity index (χ1n) is 7.29. The lowest BCUT2D eigenvalue weighted by atomic mass is 10.1. The minimum atomic E-state index is 0.512. The molecule has 1 aromatic carbocycles. The van der Waals surface area contributed by atoms with Gasteiger partial charge in [0.1, 0.15) is 0 Å². The maximum atomic E-state index is 3.84. The molecule has 0 bridgehead atoms. The Kier molecular flexibility index (Phi) is 7.49. The van der Waals surface area contributed by atoms with Crippen molar-refractivity contribution in [1.29, 1.82) is 0 Å². The van der Waals surface area contributed by atoms with Crippen LogP contribution in [0.1, 0.15) is 38.8 Å². The molecule has 0 saturated heterocycles. The molecular weight excluding hydrogens is 312 g/mol. The predicted molar refractivity (Wildman–Crippen MR) is 91.9 cm³/mol. The van der Waals surface area contributed by atoms with Crippen LogP contribution in [0.4, 0.5) is 0 Å². The molecule has 0 spiro atoms. The fourth-order valence-electron chi connectivity index (χ4n) is 1.99. The largest absolute Gasteiger partial charge is 0.310 e. The van der Waals surface area contributed by atoms with Crippen molar-refractivity contribution >= 4 is 15.9 Å². The molecule has 3 heteroatoms. The van der Waals surface area contributed by atoms with Crippen molar-refractivity contribution in [3.05, 3.63) is 46.5 Å². The van der Waals surface area contributed by atoms with Gasteiger partial charge >= 0.3 is 0 Å². The van der Waals surface area contributed by atoms with Gasteiger partial charge < -0.3 is 5.32 Å². The van der Waals surface area contributed by atoms with Crippen LogP contribution >= 0.6 is 15.9 Å². The smallest absolute Gasteiger partial charge is 0.0250 e. The highest BCUT2D eigenvalue weighted by molar-refractivity contribution is 9.10. The predicted octanol–water partition coefficient (Wildman–Crippen LogP) is 4.34. The molecule has 0 aromatic heterocycles. The molecule has 0 fully saturated rings. The maximum Gasteiger partial charge on any atom is 0.0250 e. The van der Waals surface area contributed by atoms with Crippen LogP contribution in [0.2, 0.25) is 0 Å². The molecule has 0 unspecified atom stereocenters. The lowest BCUT2D eigenvalue weighted by Gasteiger charge is -2.25. The summed E-state index contributed by atoms with van der Waals surface area (Å²) in [4.78, 5) is 2.40. The standard InChI is InChI=1S/C17H27BrN2/c1-6-9-20(14(4)5)12-16-8-7-15(10-17(16)18)11-19-13(2)3/h6-8,10,13-14,19H,1,9,11-12H2,2-5H3. The highest BCUT2D eigenvalue weighted by atomic mass is 79.9. The number of rotatable bonds is 8. The molecule has 0 heterocycles. The van der Waals surface area contributed by atoms with Crippen LogP contribution in [0.3, 0.4) is 0 Å². The van der Waals surface area contributed by atoms with Gasteiger partial charge in [-0.15, -0.1) is 6.58 Å². The van der Waals surface area contributed by atoms with Crippen molar-refractivity contribution in [2.45, 2.75) is 52.9 Å². The van der Waals surface area contributed by atoms with E-state index in [1.54, 1.807) is 0 Å². The molecule has 112 valence electrons. The zero-order valence-electron chi connectivity index (χ0n) is 13.1. The Morgan fingerprint density at radius 1 is 1.30 bits per heavy atom. The third-order valence-electron chi connectivity index (χ3n) is 3.30. The number of hydrogen-bond donors (Lipinski definition) is 1. The molecule has 0 aliphatic carbocycles. The van der Waals surface area contributed by atoms with Crippen molar-refractivity contribution in [2.24, 2.45) is 0 Å². The summed E-state index contributed by atoms with van der Waals surface area (Å²) in [6, 6.07) is 7.68. The van der Waals surface area contributed by atoms with E-state index in [0.717, 1.165) is 19.6 Å². The Labute approximate surface area is 132 Å². The molecule has 0 atom stereocenters. The second kappa shape index (κ2) is 8.60. The Balaban J connectivity index is 2.74. The first-order chi connectivity index (χ1) is 9.43. The lowest BCUT2D eigenvalue weighted by molar-refractivity contribution is 0.237. The zero-order chi connectivity index (χ0) is 15.1. The fourth-order valence-corrected chi connectivity index (χ4v) is 2.55. The van der Waals surface area contributed by atoms with Gasteiger partial charge in [0, 0.05) is 36.2 Å². The quantitative estimate of drug-likeness (QED) is 0.709. The van der Waals surface area contributed by atoms with E-state index in [-0.39, 0.29) is 0 Å². The van der Waals surface area contributed by atoms with Gasteiger partial charge in [-0.05, 0) is 31.0 Å². The Morgan fingerprint density at radius 3 is 2.50 bits per heavy atom. The Hall–Kier alpha value is -0.640. The molecule has 1 N–H and O–H groups in total. The van der Waals surface area contributed by atoms with Crippen molar-refractivity contribution in [3.63, 3.8) is 0 Å². The van der Waals surface area contributed by atoms with E-state index in [9.17, 15) is 0 Å². The Bertz CT molecular complexity index is 427. The van der Waals surface area contributed by atoms with Gasteiger partial charge in [-0.1, -0.05) is 48.0 Å². The molecule has 0 radical (unpaired) electrons. The molecule has 0 aliphatic heterocycles. The molecule has 0 saturated carbocycles. The molecule has 0 aliphatic rings. The molecule has 0 amide bonds. The molecule has 1 aromatic rings. The highest BCUT2D eigenvalue weighted by Crippen LogP contribution is 2.21. The molecule has 1 rings (SSSR count). The van der Waals surface area contributed by atoms with E-state index in [2.05, 4.69) is 78.6 Å². The summed E-state index contributed by atoms with van der Waals surface area (Å²) in [7, 11) is 0. The van der Waals surface area contributed by atoms with Gasteiger partial charge in [0.25, 0.3) is 0 Å². The molecular formula is C17H27BrN2. The minimum Gasteiger partial charge on any atom is -0.310 e. The van der Waals surface area contributed by atoms with E-state index in [4.69, 9.17) is 0 Å². The van der Waals surface area contributed by atoms with Crippen LogP contribution in [0.5, 0.6) is 0 Å². The molecule has 2 nitrogen and oxygen atoms in total. The number of hydrogen-bond acceptors (Lipinski definition) is 2. The number of benzene rings is 1. The van der Waals surface area contributed by atoms with Gasteiger partial charge in [-0.2, -0.15) is 0 Å². The fraction of sp³-hybridized carbons (Fsp3) is 0.529. The summed E-state index contributed by atoms with van der Waals surface area (Å²) >= 11 is 3.70. The summed E-state index contributed by atoms with van der Waals surface area (Å²) in [5, 5.41) is 3.44. The number of nitrogens with zero attached hydrogens (tertiary/aromatic N) is 1. The number of halogens is 1. The third-order valence-corrected chi connectivity index (χ3v) is 4.04. The van der Waals surface area contributed by atoms with Gasteiger partial charge in [0.05, 0.1) is 0 Å². The summed E-state index contributed by atoms with van der Waals surface area (Å²) in [6.45, 7) is 15.4. The van der Waals surface area contributed by atoms with Crippen LogP contribution < -0.4 is 5.32 Å². The van der Waals surface area contributed by atoms with Crippen LogP contribution in [0, 0.1) is 0 Å². The summed E-state index contributed by atoms with van der Waals surface area (Å²) in [5.41, 5.74) is 2.64. The van der Waals surface area contributed by atoms with E-state index in [0.29, 0.717) is 12.1 Å². The van der Waals surface area contributed by atoms with Crippen LogP contribution in [-0.2, 0) is 13.1 Å². The van der Waals surface area contributed by atoms with Crippen LogP contribution in [0.25, 0.3) is 0 Å². The first-order valence-corrected chi connectivity index (χ1v) is 8.09. The van der Waals surface area contributed by atoms with Crippen molar-refractivity contribution in [2.75, 3.05) is 6.54 Å². The zero-order valence-corrected chi connectivity index (χ0v) is 14.7. The van der Waals surface area contributed by atoms with E-state index in [1.165, 1.54) is 15.6 Å². The Morgan fingerprint density at radius 2 is 2.00 bits per heavy atom. The van der Waals surface area contributed by atoms with Gasteiger partial charge in [-0.25, -0.2) is 0 Å². The topological polar surface area (TPSA) is 15.3 Å². The molecule has 20 heavy (non-hydrogen) atoms. The first kappa shape index (κ1) is 17.4. The summed E-state index contributed by atoms with van der Waals surface area (Å²) < 4.78 is 1.19. The number of nitrogens with one attached hydrogen (secondary N) is 1. The van der Waals surface area contributed by atoms with E-state index in [1.807, 2.05) is 6.08 Å². The summed E-state index contributed by atoms with van der Waals surface area (Å²) in [6.07, 6.45) is 1.97. The van der Waals surface area contributed by atoms with Gasteiger partial charge in [0.2, 0.25) is 0 Å². The third kappa shape index (κ3) is 5.78. The maximum absolute atomic E-state index is 3.84.